The number of fused-ring (bicyclic) bond motifs is 4. The molecule has 3 aliphatic rings. The summed E-state index contributed by atoms with van der Waals surface area (Å²) in [4.78, 5) is 2.35. The van der Waals surface area contributed by atoms with E-state index in [1.165, 1.54) is 16.5 Å². The largest absolute Gasteiger partial charge is 0.387 e. The van der Waals surface area contributed by atoms with E-state index in [-0.39, 0.29) is 6.10 Å². The first-order valence-corrected chi connectivity index (χ1v) is 10.9. The number of halogens is 2. The topological polar surface area (TPSA) is 28.4 Å². The molecule has 0 aliphatic carbocycles. The Hall–Kier alpha value is -1.75. The molecule has 6 rings (SSSR count). The van der Waals surface area contributed by atoms with Crippen LogP contribution in [0.5, 0.6) is 0 Å². The van der Waals surface area contributed by atoms with Crippen LogP contribution in [0.2, 0.25) is 5.02 Å². The number of aliphatic hydroxyl groups is 1. The van der Waals surface area contributed by atoms with Crippen LogP contribution in [-0.4, -0.2) is 33.8 Å². The monoisotopic (exact) mass is 456 g/mol. The van der Waals surface area contributed by atoms with Gasteiger partial charge in [0, 0.05) is 57.5 Å². The third-order valence-corrected chi connectivity index (χ3v) is 6.84. The molecule has 3 saturated heterocycles. The molecule has 28 heavy (non-hydrogen) atoms. The molecular weight excluding hydrogens is 436 g/mol. The van der Waals surface area contributed by atoms with Crippen LogP contribution in [0.3, 0.4) is 0 Å². The normalized spacial score (nSPS) is 23.1. The number of piperidine rings is 3. The average Bonchev–Trinajstić information content (AvgIpc) is 3.03. The van der Waals surface area contributed by atoms with Gasteiger partial charge in [0.2, 0.25) is 0 Å². The van der Waals surface area contributed by atoms with Gasteiger partial charge < -0.3 is 14.6 Å². The second-order valence-corrected chi connectivity index (χ2v) is 9.19. The summed E-state index contributed by atoms with van der Waals surface area (Å²) in [7, 11) is 0. The van der Waals surface area contributed by atoms with Crippen molar-refractivity contribution < 1.29 is 5.11 Å². The number of hydrogen-bond donors (Lipinski definition) is 1. The number of nitrogens with zero attached hydrogens (tertiary/aromatic N) is 2. The third-order valence-electron chi connectivity index (χ3n) is 6.10. The summed E-state index contributed by atoms with van der Waals surface area (Å²) in [5.74, 6) is 0.408. The Morgan fingerprint density at radius 2 is 1.86 bits per heavy atom. The minimum Gasteiger partial charge on any atom is -0.387 e. The van der Waals surface area contributed by atoms with Crippen LogP contribution in [0.4, 0.5) is 0 Å². The van der Waals surface area contributed by atoms with Crippen molar-refractivity contribution in [1.29, 1.82) is 0 Å². The van der Waals surface area contributed by atoms with Crippen molar-refractivity contribution in [3.8, 4) is 0 Å². The molecule has 0 saturated carbocycles. The zero-order chi connectivity index (χ0) is 19.3. The lowest BCUT2D eigenvalue weighted by Crippen LogP contribution is -2.48. The van der Waals surface area contributed by atoms with Gasteiger partial charge in [0.25, 0.3) is 0 Å². The van der Waals surface area contributed by atoms with Crippen LogP contribution < -0.4 is 0 Å². The Kier molecular flexibility index (Phi) is 4.74. The van der Waals surface area contributed by atoms with Crippen molar-refractivity contribution in [3.05, 3.63) is 75.0 Å². The average molecular weight is 458 g/mol. The van der Waals surface area contributed by atoms with E-state index >= 15 is 0 Å². The number of hydrogen-bond acceptors (Lipinski definition) is 2. The molecule has 3 fully saturated rings. The molecule has 1 unspecified atom stereocenters. The minimum absolute atomic E-state index is 0.343. The summed E-state index contributed by atoms with van der Waals surface area (Å²) in [5, 5.41) is 12.7. The summed E-state index contributed by atoms with van der Waals surface area (Å²) >= 11 is 9.65. The maximum absolute atomic E-state index is 10.8. The molecule has 2 bridgehead atoms. The van der Waals surface area contributed by atoms with Gasteiger partial charge in [-0.1, -0.05) is 39.7 Å². The highest BCUT2D eigenvalue weighted by Crippen LogP contribution is 2.37. The molecule has 1 N–H and O–H groups in total. The van der Waals surface area contributed by atoms with Crippen LogP contribution in [0.15, 0.2) is 58.8 Å². The highest BCUT2D eigenvalue weighted by Gasteiger charge is 2.36. The molecule has 3 nitrogen and oxygen atoms in total. The van der Waals surface area contributed by atoms with Crippen LogP contribution >= 0.6 is 27.5 Å². The van der Waals surface area contributed by atoms with Gasteiger partial charge in [0.1, 0.15) is 0 Å². The van der Waals surface area contributed by atoms with E-state index in [0.717, 1.165) is 53.2 Å². The van der Waals surface area contributed by atoms with E-state index in [1.807, 2.05) is 12.1 Å². The molecule has 0 amide bonds. The lowest BCUT2D eigenvalue weighted by atomic mass is 9.83. The summed E-state index contributed by atoms with van der Waals surface area (Å²) < 4.78 is 3.34. The SMILES string of the molecule is OC1/C(=C/c2cn(Cc3ccc(Cl)cc3)c3ccc(Br)cc23)N2CCC1CC2. The van der Waals surface area contributed by atoms with Gasteiger partial charge in [-0.2, -0.15) is 0 Å². The quantitative estimate of drug-likeness (QED) is 0.560. The molecule has 5 heteroatoms. The van der Waals surface area contributed by atoms with E-state index in [9.17, 15) is 5.11 Å². The first-order valence-electron chi connectivity index (χ1n) is 9.76. The first-order chi connectivity index (χ1) is 13.6. The van der Waals surface area contributed by atoms with Crippen molar-refractivity contribution in [1.82, 2.24) is 9.47 Å². The number of aliphatic hydroxyl groups excluding tert-OH is 1. The third kappa shape index (κ3) is 3.28. The summed E-state index contributed by atoms with van der Waals surface area (Å²) in [6, 6.07) is 14.4. The van der Waals surface area contributed by atoms with E-state index in [2.05, 4.69) is 68.0 Å². The van der Waals surface area contributed by atoms with Gasteiger partial charge in [-0.3, -0.25) is 0 Å². The smallest absolute Gasteiger partial charge is 0.0965 e. The highest BCUT2D eigenvalue weighted by atomic mass is 79.9. The maximum Gasteiger partial charge on any atom is 0.0965 e. The summed E-state index contributed by atoms with van der Waals surface area (Å²) in [6.07, 6.45) is 6.26. The number of rotatable bonds is 3. The molecule has 3 aromatic rings. The molecule has 4 heterocycles. The Balaban J connectivity index is 1.58. The first kappa shape index (κ1) is 18.3. The van der Waals surface area contributed by atoms with Crippen molar-refractivity contribution in [2.75, 3.05) is 13.1 Å². The molecule has 1 atom stereocenters. The molecular formula is C23H22BrClN2O. The molecule has 0 radical (unpaired) electrons. The van der Waals surface area contributed by atoms with Crippen LogP contribution in [0.25, 0.3) is 17.0 Å². The maximum atomic E-state index is 10.8. The van der Waals surface area contributed by atoms with Crippen molar-refractivity contribution in [2.45, 2.75) is 25.5 Å². The van der Waals surface area contributed by atoms with E-state index in [1.54, 1.807) is 0 Å². The van der Waals surface area contributed by atoms with Crippen molar-refractivity contribution in [3.63, 3.8) is 0 Å². The Morgan fingerprint density at radius 1 is 1.11 bits per heavy atom. The standard InChI is InChI=1S/C23H22BrClN2O/c24-18-3-6-21-20(12-18)17(11-22-23(28)16-7-9-26(22)10-8-16)14-27(21)13-15-1-4-19(25)5-2-15/h1-6,11-12,14,16,23,28H,7-10,13H2/b22-11-. The lowest BCUT2D eigenvalue weighted by molar-refractivity contribution is 0.0215. The predicted octanol–water partition coefficient (Wildman–Crippen LogP) is 5.53. The Labute approximate surface area is 178 Å². The van der Waals surface area contributed by atoms with Gasteiger partial charge in [0.15, 0.2) is 0 Å². The number of aromatic nitrogens is 1. The zero-order valence-corrected chi connectivity index (χ0v) is 17.8. The van der Waals surface area contributed by atoms with E-state index in [4.69, 9.17) is 11.6 Å². The zero-order valence-electron chi connectivity index (χ0n) is 15.5. The predicted molar refractivity (Wildman–Crippen MR) is 118 cm³/mol. The fraction of sp³-hybridized carbons (Fsp3) is 0.304. The number of benzene rings is 2. The lowest BCUT2D eigenvalue weighted by Gasteiger charge is -2.45. The fourth-order valence-electron chi connectivity index (χ4n) is 4.57. The molecule has 3 aliphatic heterocycles. The van der Waals surface area contributed by atoms with Crippen LogP contribution in [0, 0.1) is 5.92 Å². The summed E-state index contributed by atoms with van der Waals surface area (Å²) in [5.41, 5.74) is 4.64. The van der Waals surface area contributed by atoms with Crippen LogP contribution in [-0.2, 0) is 6.54 Å². The fourth-order valence-corrected chi connectivity index (χ4v) is 5.05. The van der Waals surface area contributed by atoms with Crippen molar-refractivity contribution in [2.24, 2.45) is 5.92 Å². The Bertz CT molecular complexity index is 1040. The van der Waals surface area contributed by atoms with E-state index < -0.39 is 0 Å². The molecule has 144 valence electrons. The highest BCUT2D eigenvalue weighted by molar-refractivity contribution is 9.10. The van der Waals surface area contributed by atoms with Gasteiger partial charge in [0.05, 0.1) is 6.10 Å². The second-order valence-electron chi connectivity index (χ2n) is 7.84. The van der Waals surface area contributed by atoms with Gasteiger partial charge in [-0.05, 0) is 60.7 Å². The molecule has 2 aromatic carbocycles. The molecule has 0 spiro atoms. The summed E-state index contributed by atoms with van der Waals surface area (Å²) in [6.45, 7) is 2.90. The van der Waals surface area contributed by atoms with Gasteiger partial charge in [-0.25, -0.2) is 0 Å². The van der Waals surface area contributed by atoms with Gasteiger partial charge >= 0.3 is 0 Å². The van der Waals surface area contributed by atoms with E-state index in [0.29, 0.717) is 5.92 Å². The minimum atomic E-state index is -0.343. The van der Waals surface area contributed by atoms with Crippen LogP contribution in [0.1, 0.15) is 24.0 Å². The molecule has 1 aromatic heterocycles. The Morgan fingerprint density at radius 3 is 2.57 bits per heavy atom. The second kappa shape index (κ2) is 7.25. The van der Waals surface area contributed by atoms with Crippen molar-refractivity contribution >= 4 is 44.5 Å². The van der Waals surface area contributed by atoms with Gasteiger partial charge in [-0.15, -0.1) is 0 Å².